The van der Waals surface area contributed by atoms with Gasteiger partial charge in [-0.25, -0.2) is 4.99 Å². The number of nitrogens with two attached hydrogens (primary N) is 1. The van der Waals surface area contributed by atoms with Crippen molar-refractivity contribution in [1.29, 1.82) is 0 Å². The van der Waals surface area contributed by atoms with Crippen LogP contribution in [0.3, 0.4) is 0 Å². The van der Waals surface area contributed by atoms with Gasteiger partial charge < -0.3 is 43.6 Å². The summed E-state index contributed by atoms with van der Waals surface area (Å²) in [6.07, 6.45) is 0.244. The monoisotopic (exact) mass is 452 g/mol. The fourth-order valence-corrected chi connectivity index (χ4v) is 1.96. The number of aliphatic imine (C=N–C) groups is 1. The van der Waals surface area contributed by atoms with Crippen molar-refractivity contribution < 1.29 is 42.7 Å². The highest BCUT2D eigenvalue weighted by molar-refractivity contribution is 5.80. The first-order valence-electron chi connectivity index (χ1n) is 10.6. The van der Waals surface area contributed by atoms with E-state index in [1.54, 1.807) is 0 Å². The number of rotatable bonds is 26. The van der Waals surface area contributed by atoms with Crippen molar-refractivity contribution in [3.63, 3.8) is 0 Å². The van der Waals surface area contributed by atoms with Gasteiger partial charge in [0.25, 0.3) is 0 Å². The van der Waals surface area contributed by atoms with Gasteiger partial charge in [0.05, 0.1) is 112 Å². The van der Waals surface area contributed by atoms with Crippen LogP contribution in [0.15, 0.2) is 4.99 Å². The molecule has 0 aromatic rings. The van der Waals surface area contributed by atoms with Gasteiger partial charge in [0.15, 0.2) is 0 Å². The SMILES string of the molecule is C=NC(=O)CCOCCOCCOCCOCCOCCOCCOCCOCCN. The molecule has 0 aliphatic carbocycles. The van der Waals surface area contributed by atoms with Crippen LogP contribution >= 0.6 is 0 Å². The zero-order valence-electron chi connectivity index (χ0n) is 18.6. The lowest BCUT2D eigenvalue weighted by Gasteiger charge is -2.08. The van der Waals surface area contributed by atoms with Crippen LogP contribution < -0.4 is 5.73 Å². The van der Waals surface area contributed by atoms with E-state index < -0.39 is 0 Å². The summed E-state index contributed by atoms with van der Waals surface area (Å²) < 4.78 is 42.7. The molecule has 0 aromatic carbocycles. The molecule has 0 atom stereocenters. The van der Waals surface area contributed by atoms with Crippen LogP contribution in [0.2, 0.25) is 0 Å². The molecule has 1 amide bonds. The smallest absolute Gasteiger partial charge is 0.247 e. The molecule has 31 heavy (non-hydrogen) atoms. The molecule has 0 fully saturated rings. The largest absolute Gasteiger partial charge is 0.379 e. The summed E-state index contributed by atoms with van der Waals surface area (Å²) in [5.74, 6) is -0.268. The van der Waals surface area contributed by atoms with E-state index in [1.165, 1.54) is 0 Å². The van der Waals surface area contributed by atoms with Crippen molar-refractivity contribution in [3.8, 4) is 0 Å². The second kappa shape index (κ2) is 27.0. The lowest BCUT2D eigenvalue weighted by atomic mass is 10.4. The number of amides is 1. The zero-order valence-corrected chi connectivity index (χ0v) is 18.6. The summed E-state index contributed by atoms with van der Waals surface area (Å²) in [7, 11) is 0. The third-order valence-electron chi connectivity index (χ3n) is 3.50. The molecule has 0 saturated heterocycles. The quantitative estimate of drug-likeness (QED) is 0.138. The average Bonchev–Trinajstić information content (AvgIpc) is 2.78. The Morgan fingerprint density at radius 3 is 1.03 bits per heavy atom. The summed E-state index contributed by atoms with van der Waals surface area (Å²) >= 11 is 0. The van der Waals surface area contributed by atoms with Gasteiger partial charge in [-0.3, -0.25) is 4.79 Å². The molecular formula is C20H40N2O9. The average molecular weight is 453 g/mol. The number of hydrogen-bond acceptors (Lipinski definition) is 10. The van der Waals surface area contributed by atoms with Crippen molar-refractivity contribution in [2.24, 2.45) is 10.7 Å². The van der Waals surface area contributed by atoms with E-state index >= 15 is 0 Å². The molecule has 0 bridgehead atoms. The standard InChI is InChI=1S/C20H40N2O9/c1-22-20(23)2-4-24-6-8-26-10-12-28-14-16-30-18-19-31-17-15-29-13-11-27-9-7-25-5-3-21/h1-19,21H2. The molecule has 0 spiro atoms. The summed E-state index contributed by atoms with van der Waals surface area (Å²) in [5, 5.41) is 0. The highest BCUT2D eigenvalue weighted by Gasteiger charge is 1.97. The molecule has 11 nitrogen and oxygen atoms in total. The van der Waals surface area contributed by atoms with E-state index in [0.29, 0.717) is 112 Å². The van der Waals surface area contributed by atoms with Crippen molar-refractivity contribution in [3.05, 3.63) is 0 Å². The summed E-state index contributed by atoms with van der Waals surface area (Å²) in [5.41, 5.74) is 5.30. The van der Waals surface area contributed by atoms with E-state index in [9.17, 15) is 4.79 Å². The van der Waals surface area contributed by atoms with E-state index in [0.717, 1.165) is 0 Å². The molecule has 0 heterocycles. The Morgan fingerprint density at radius 1 is 0.516 bits per heavy atom. The van der Waals surface area contributed by atoms with Crippen molar-refractivity contribution in [1.82, 2.24) is 0 Å². The Kier molecular flexibility index (Phi) is 26.1. The molecule has 0 aromatic heterocycles. The van der Waals surface area contributed by atoms with Crippen LogP contribution in [-0.4, -0.2) is 125 Å². The Hall–Kier alpha value is -1.02. The molecule has 184 valence electrons. The number of carbonyl (C=O) groups is 1. The molecule has 0 radical (unpaired) electrons. The van der Waals surface area contributed by atoms with Crippen molar-refractivity contribution in [2.45, 2.75) is 6.42 Å². The van der Waals surface area contributed by atoms with Crippen LogP contribution in [0.25, 0.3) is 0 Å². The molecule has 0 rings (SSSR count). The summed E-state index contributed by atoms with van der Waals surface area (Å²) in [6, 6.07) is 0. The van der Waals surface area contributed by atoms with Crippen LogP contribution in [-0.2, 0) is 42.7 Å². The lowest BCUT2D eigenvalue weighted by molar-refractivity contribution is -0.118. The molecule has 0 saturated carbocycles. The second-order valence-electron chi connectivity index (χ2n) is 5.99. The maximum Gasteiger partial charge on any atom is 0.247 e. The maximum atomic E-state index is 10.9. The minimum absolute atomic E-state index is 0.244. The minimum atomic E-state index is -0.268. The molecule has 2 N–H and O–H groups in total. The first kappa shape index (κ1) is 30.0. The van der Waals surface area contributed by atoms with Gasteiger partial charge >= 0.3 is 0 Å². The predicted octanol–water partition coefficient (Wildman–Crippen LogP) is -0.305. The van der Waals surface area contributed by atoms with Crippen molar-refractivity contribution >= 4 is 12.6 Å². The molecule has 11 heteroatoms. The molecular weight excluding hydrogens is 412 g/mol. The van der Waals surface area contributed by atoms with Gasteiger partial charge in [0, 0.05) is 6.54 Å². The van der Waals surface area contributed by atoms with Crippen molar-refractivity contribution in [2.75, 3.05) is 112 Å². The zero-order chi connectivity index (χ0) is 22.7. The lowest BCUT2D eigenvalue weighted by Crippen LogP contribution is -2.15. The molecule has 0 unspecified atom stereocenters. The Bertz CT molecular complexity index is 390. The Morgan fingerprint density at radius 2 is 0.774 bits per heavy atom. The minimum Gasteiger partial charge on any atom is -0.379 e. The summed E-state index contributed by atoms with van der Waals surface area (Å²) in [4.78, 5) is 14.1. The van der Waals surface area contributed by atoms with E-state index in [4.69, 9.17) is 43.6 Å². The van der Waals surface area contributed by atoms with Gasteiger partial charge in [-0.05, 0) is 6.72 Å². The number of carbonyl (C=O) groups excluding carboxylic acids is 1. The van der Waals surface area contributed by atoms with E-state index in [-0.39, 0.29) is 12.3 Å². The molecule has 0 aliphatic heterocycles. The van der Waals surface area contributed by atoms with Gasteiger partial charge in [0.2, 0.25) is 5.91 Å². The Balaban J connectivity index is 3.02. The van der Waals surface area contributed by atoms with E-state index in [1.807, 2.05) is 0 Å². The van der Waals surface area contributed by atoms with Gasteiger partial charge in [0.1, 0.15) is 0 Å². The van der Waals surface area contributed by atoms with Crippen LogP contribution in [0.5, 0.6) is 0 Å². The highest BCUT2D eigenvalue weighted by Crippen LogP contribution is 1.88. The normalized spacial score (nSPS) is 11.1. The fraction of sp³-hybridized carbons (Fsp3) is 0.900. The van der Waals surface area contributed by atoms with Gasteiger partial charge in [-0.1, -0.05) is 0 Å². The van der Waals surface area contributed by atoms with E-state index in [2.05, 4.69) is 11.7 Å². The van der Waals surface area contributed by atoms with Crippen LogP contribution in [0.1, 0.15) is 6.42 Å². The third-order valence-corrected chi connectivity index (χ3v) is 3.50. The highest BCUT2D eigenvalue weighted by atomic mass is 16.6. The summed E-state index contributed by atoms with van der Waals surface area (Å²) in [6.45, 7) is 11.6. The number of ether oxygens (including phenoxy) is 8. The predicted molar refractivity (Wildman–Crippen MR) is 115 cm³/mol. The maximum absolute atomic E-state index is 10.9. The topological polar surface area (TPSA) is 129 Å². The third kappa shape index (κ3) is 26.9. The fourth-order valence-electron chi connectivity index (χ4n) is 1.96. The number of nitrogens with zero attached hydrogens (tertiary/aromatic N) is 1. The van der Waals surface area contributed by atoms with Gasteiger partial charge in [-0.15, -0.1) is 0 Å². The van der Waals surface area contributed by atoms with Crippen LogP contribution in [0, 0.1) is 0 Å². The van der Waals surface area contributed by atoms with Crippen LogP contribution in [0.4, 0.5) is 0 Å². The Labute approximate surface area is 185 Å². The van der Waals surface area contributed by atoms with Gasteiger partial charge in [-0.2, -0.15) is 0 Å². The second-order valence-corrected chi connectivity index (χ2v) is 5.99. The number of hydrogen-bond donors (Lipinski definition) is 1. The molecule has 0 aliphatic rings. The first-order valence-corrected chi connectivity index (χ1v) is 10.6. The first-order chi connectivity index (χ1) is 15.3.